The number of amides is 1. The predicted molar refractivity (Wildman–Crippen MR) is 126 cm³/mol. The summed E-state index contributed by atoms with van der Waals surface area (Å²) >= 11 is 0. The lowest BCUT2D eigenvalue weighted by Crippen LogP contribution is -2.40. The van der Waals surface area contributed by atoms with Crippen molar-refractivity contribution in [1.29, 1.82) is 0 Å². The van der Waals surface area contributed by atoms with Gasteiger partial charge in [0.25, 0.3) is 0 Å². The number of pyridine rings is 1. The van der Waals surface area contributed by atoms with E-state index in [4.69, 9.17) is 9.47 Å². The number of esters is 1. The first-order valence-electron chi connectivity index (χ1n) is 12.1. The van der Waals surface area contributed by atoms with Gasteiger partial charge in [0.15, 0.2) is 5.60 Å². The molecule has 0 bridgehead atoms. The number of benzene rings is 2. The molecule has 2 fully saturated rings. The fraction of sp³-hybridized carbons (Fsp3) is 0.321. The highest BCUT2D eigenvalue weighted by molar-refractivity contribution is 5.95. The Morgan fingerprint density at radius 3 is 2.43 bits per heavy atom. The third-order valence-electron chi connectivity index (χ3n) is 7.59. The number of alkyl halides is 3. The molecule has 9 heteroatoms. The molecule has 1 saturated heterocycles. The van der Waals surface area contributed by atoms with E-state index in [1.807, 2.05) is 12.1 Å². The summed E-state index contributed by atoms with van der Waals surface area (Å²) in [5.41, 5.74) is 0.675. The van der Waals surface area contributed by atoms with Crippen molar-refractivity contribution in [1.82, 2.24) is 9.88 Å². The Bertz CT molecular complexity index is 1370. The number of nitrogens with zero attached hydrogens (tertiary/aromatic N) is 2. The first-order valence-corrected chi connectivity index (χ1v) is 12.1. The highest BCUT2D eigenvalue weighted by Crippen LogP contribution is 2.52. The number of ether oxygens (including phenoxy) is 2. The van der Waals surface area contributed by atoms with Crippen LogP contribution in [0.25, 0.3) is 0 Å². The van der Waals surface area contributed by atoms with Crippen LogP contribution < -0.4 is 4.74 Å². The van der Waals surface area contributed by atoms with Crippen molar-refractivity contribution in [2.24, 2.45) is 0 Å². The predicted octanol–water partition coefficient (Wildman–Crippen LogP) is 5.01. The minimum atomic E-state index is -4.37. The fourth-order valence-electron chi connectivity index (χ4n) is 5.38. The zero-order valence-electron chi connectivity index (χ0n) is 19.8. The topological polar surface area (TPSA) is 68.7 Å². The van der Waals surface area contributed by atoms with E-state index in [9.17, 15) is 22.8 Å². The summed E-state index contributed by atoms with van der Waals surface area (Å²) in [6.07, 6.45) is 0.804. The third-order valence-corrected chi connectivity index (χ3v) is 7.59. The summed E-state index contributed by atoms with van der Waals surface area (Å²) in [5, 5.41) is 0. The molecular formula is C28H23F3N2O4. The zero-order valence-corrected chi connectivity index (χ0v) is 19.8. The van der Waals surface area contributed by atoms with Crippen LogP contribution in [0.15, 0.2) is 67.0 Å². The van der Waals surface area contributed by atoms with Crippen LogP contribution in [0.1, 0.15) is 51.9 Å². The summed E-state index contributed by atoms with van der Waals surface area (Å²) in [5.74, 6) is 0.196. The monoisotopic (exact) mass is 508 g/mol. The molecule has 0 N–H and O–H groups in total. The van der Waals surface area contributed by atoms with E-state index >= 15 is 0 Å². The van der Waals surface area contributed by atoms with Crippen LogP contribution in [-0.2, 0) is 33.3 Å². The van der Waals surface area contributed by atoms with Gasteiger partial charge in [-0.2, -0.15) is 13.2 Å². The quantitative estimate of drug-likeness (QED) is 0.454. The highest BCUT2D eigenvalue weighted by Gasteiger charge is 2.57. The van der Waals surface area contributed by atoms with Crippen LogP contribution in [0.2, 0.25) is 0 Å². The Kier molecular flexibility index (Phi) is 5.29. The normalized spacial score (nSPS) is 21.6. The number of likely N-dealkylation sites (tertiary alicyclic amines) is 1. The molecule has 1 unspecified atom stereocenters. The Hall–Kier alpha value is -3.88. The first kappa shape index (κ1) is 23.5. The second-order valence-electron chi connectivity index (χ2n) is 9.87. The molecule has 3 aromatic rings. The minimum Gasteiger partial charge on any atom is -0.489 e. The van der Waals surface area contributed by atoms with Crippen LogP contribution in [0.3, 0.4) is 0 Å². The largest absolute Gasteiger partial charge is 0.489 e. The van der Waals surface area contributed by atoms with Crippen molar-refractivity contribution in [3.05, 3.63) is 94.8 Å². The second kappa shape index (κ2) is 8.33. The Labute approximate surface area is 211 Å². The minimum absolute atomic E-state index is 0.0290. The number of hydrogen-bond acceptors (Lipinski definition) is 5. The van der Waals surface area contributed by atoms with Gasteiger partial charge >= 0.3 is 12.1 Å². The van der Waals surface area contributed by atoms with Crippen molar-refractivity contribution in [2.45, 2.75) is 43.1 Å². The van der Waals surface area contributed by atoms with E-state index in [1.54, 1.807) is 29.3 Å². The SMILES string of the molecule is O=C1OC2(CCN(C(=O)C3(c4ccc(OCc5ccc(C(F)(F)F)cc5)cc4)CC3)C2)c2ccncc21. The maximum Gasteiger partial charge on any atom is 0.416 e. The molecule has 1 aromatic heterocycles. The van der Waals surface area contributed by atoms with Gasteiger partial charge in [0.05, 0.1) is 23.1 Å². The Morgan fingerprint density at radius 1 is 1.03 bits per heavy atom. The number of hydrogen-bond donors (Lipinski definition) is 0. The molecule has 2 aromatic carbocycles. The molecule has 1 spiro atoms. The number of carbonyl (C=O) groups is 2. The van der Waals surface area contributed by atoms with Crippen molar-refractivity contribution < 1.29 is 32.2 Å². The van der Waals surface area contributed by atoms with Crippen LogP contribution in [-0.4, -0.2) is 34.8 Å². The number of fused-ring (bicyclic) bond motifs is 2. The summed E-state index contributed by atoms with van der Waals surface area (Å²) in [4.78, 5) is 31.8. The summed E-state index contributed by atoms with van der Waals surface area (Å²) < 4.78 is 49.7. The molecule has 37 heavy (non-hydrogen) atoms. The van der Waals surface area contributed by atoms with Crippen molar-refractivity contribution >= 4 is 11.9 Å². The van der Waals surface area contributed by atoms with Crippen molar-refractivity contribution in [3.8, 4) is 5.75 Å². The van der Waals surface area contributed by atoms with E-state index in [0.717, 1.165) is 36.1 Å². The van der Waals surface area contributed by atoms with Gasteiger partial charge < -0.3 is 14.4 Å². The molecule has 0 radical (unpaired) electrons. The molecule has 1 saturated carbocycles. The number of rotatable bonds is 5. The Balaban J connectivity index is 1.11. The van der Waals surface area contributed by atoms with Crippen LogP contribution in [0.4, 0.5) is 13.2 Å². The van der Waals surface area contributed by atoms with E-state index in [1.165, 1.54) is 18.3 Å². The van der Waals surface area contributed by atoms with Gasteiger partial charge in [-0.05, 0) is 54.3 Å². The lowest BCUT2D eigenvalue weighted by molar-refractivity contribution is -0.137. The van der Waals surface area contributed by atoms with E-state index in [-0.39, 0.29) is 12.5 Å². The summed E-state index contributed by atoms with van der Waals surface area (Å²) in [6.45, 7) is 0.960. The maximum absolute atomic E-state index is 13.6. The molecule has 2 aliphatic heterocycles. The summed E-state index contributed by atoms with van der Waals surface area (Å²) in [7, 11) is 0. The maximum atomic E-state index is 13.6. The zero-order chi connectivity index (χ0) is 25.8. The smallest absolute Gasteiger partial charge is 0.416 e. The highest BCUT2D eigenvalue weighted by atomic mass is 19.4. The van der Waals surface area contributed by atoms with E-state index in [2.05, 4.69) is 4.98 Å². The van der Waals surface area contributed by atoms with Gasteiger partial charge in [0.1, 0.15) is 12.4 Å². The van der Waals surface area contributed by atoms with Crippen LogP contribution >= 0.6 is 0 Å². The lowest BCUT2D eigenvalue weighted by atomic mass is 9.92. The first-order chi connectivity index (χ1) is 17.7. The van der Waals surface area contributed by atoms with Gasteiger partial charge in [-0.15, -0.1) is 0 Å². The number of aromatic nitrogens is 1. The van der Waals surface area contributed by atoms with Crippen LogP contribution in [0.5, 0.6) is 5.75 Å². The molecule has 6 nitrogen and oxygen atoms in total. The van der Waals surface area contributed by atoms with Gasteiger partial charge in [-0.25, -0.2) is 4.79 Å². The van der Waals surface area contributed by atoms with E-state index in [0.29, 0.717) is 36.4 Å². The molecule has 6 rings (SSSR count). The standard InChI is InChI=1S/C28H23F3N2O4/c29-28(30,31)20-3-1-18(2-4-20)16-36-21-7-5-19(6-8-21)26(10-11-26)25(35)33-14-12-27(17-33)23-9-13-32-15-22(23)24(34)37-27/h1-9,13,15H,10-12,14,16-17H2. The Morgan fingerprint density at radius 2 is 1.76 bits per heavy atom. The molecule has 1 amide bonds. The van der Waals surface area contributed by atoms with Crippen molar-refractivity contribution in [3.63, 3.8) is 0 Å². The molecule has 3 heterocycles. The average Bonchev–Trinajstić information content (AvgIpc) is 3.53. The van der Waals surface area contributed by atoms with Crippen LogP contribution in [0, 0.1) is 0 Å². The van der Waals surface area contributed by atoms with Crippen molar-refractivity contribution in [2.75, 3.05) is 13.1 Å². The van der Waals surface area contributed by atoms with Gasteiger partial charge in [-0.3, -0.25) is 9.78 Å². The second-order valence-corrected chi connectivity index (χ2v) is 9.87. The molecule has 190 valence electrons. The van der Waals surface area contributed by atoms with E-state index < -0.39 is 28.7 Å². The third kappa shape index (κ3) is 4.02. The fourth-order valence-corrected chi connectivity index (χ4v) is 5.38. The van der Waals surface area contributed by atoms with Gasteiger partial charge in [0, 0.05) is 30.9 Å². The number of halogens is 3. The van der Waals surface area contributed by atoms with Gasteiger partial charge in [0.2, 0.25) is 5.91 Å². The molecule has 3 aliphatic rings. The molecular weight excluding hydrogens is 485 g/mol. The molecule has 1 atom stereocenters. The molecule has 1 aliphatic carbocycles. The van der Waals surface area contributed by atoms with Gasteiger partial charge in [-0.1, -0.05) is 24.3 Å². The average molecular weight is 508 g/mol. The lowest BCUT2D eigenvalue weighted by Gasteiger charge is -2.27. The number of carbonyl (C=O) groups excluding carboxylic acids is 2. The summed E-state index contributed by atoms with van der Waals surface area (Å²) in [6, 6.07) is 14.0.